The van der Waals surface area contributed by atoms with Crippen LogP contribution in [0, 0.1) is 5.92 Å². The number of nitrogens with zero attached hydrogens (tertiary/aromatic N) is 1. The van der Waals surface area contributed by atoms with Gasteiger partial charge >= 0.3 is 0 Å². The van der Waals surface area contributed by atoms with E-state index in [-0.39, 0.29) is 29.2 Å². The van der Waals surface area contributed by atoms with Crippen molar-refractivity contribution in [3.63, 3.8) is 0 Å². The van der Waals surface area contributed by atoms with Crippen molar-refractivity contribution in [1.29, 1.82) is 0 Å². The van der Waals surface area contributed by atoms with Crippen LogP contribution in [-0.2, 0) is 6.54 Å². The number of benzene rings is 3. The highest BCUT2D eigenvalue weighted by Gasteiger charge is 2.43. The SMILES string of the molecule is COc1ccc(CN2C(=O)c3oc4ccc(Cl)cc4c(=O)c3C2c2ccc(OCC(C)C)c(OC)c2)cc1. The third-order valence-electron chi connectivity index (χ3n) is 6.52. The van der Waals surface area contributed by atoms with Gasteiger partial charge < -0.3 is 23.5 Å². The minimum absolute atomic E-state index is 0.0300. The molecule has 1 aromatic heterocycles. The summed E-state index contributed by atoms with van der Waals surface area (Å²) in [7, 11) is 3.16. The summed E-state index contributed by atoms with van der Waals surface area (Å²) in [5.41, 5.74) is 1.87. The standard InChI is InChI=1S/C30H28ClNO6/c1-17(2)16-37-24-11-7-19(13-25(24)36-4)27-26-28(33)22-14-20(31)8-12-23(22)38-29(26)30(34)32(27)15-18-5-9-21(35-3)10-6-18/h5-14,17,27H,15-16H2,1-4H3. The molecule has 196 valence electrons. The molecule has 3 aromatic carbocycles. The molecular formula is C30H28ClNO6. The largest absolute Gasteiger partial charge is 0.497 e. The summed E-state index contributed by atoms with van der Waals surface area (Å²) in [4.78, 5) is 29.2. The van der Waals surface area contributed by atoms with Gasteiger partial charge in [-0.15, -0.1) is 0 Å². The highest BCUT2D eigenvalue weighted by molar-refractivity contribution is 6.31. The number of carbonyl (C=O) groups is 1. The van der Waals surface area contributed by atoms with Crippen molar-refractivity contribution in [2.45, 2.75) is 26.4 Å². The lowest BCUT2D eigenvalue weighted by Crippen LogP contribution is -2.29. The molecule has 4 aromatic rings. The first-order valence-corrected chi connectivity index (χ1v) is 12.7. The van der Waals surface area contributed by atoms with Crippen LogP contribution < -0.4 is 19.6 Å². The highest BCUT2D eigenvalue weighted by atomic mass is 35.5. The van der Waals surface area contributed by atoms with Gasteiger partial charge in [-0.2, -0.15) is 0 Å². The molecule has 7 nitrogen and oxygen atoms in total. The van der Waals surface area contributed by atoms with E-state index in [1.54, 1.807) is 37.3 Å². The van der Waals surface area contributed by atoms with Crippen LogP contribution in [0.4, 0.5) is 0 Å². The number of amides is 1. The summed E-state index contributed by atoms with van der Waals surface area (Å²) in [5.74, 6) is 1.82. The molecule has 0 spiro atoms. The van der Waals surface area contributed by atoms with E-state index >= 15 is 0 Å². The highest BCUT2D eigenvalue weighted by Crippen LogP contribution is 2.42. The fraction of sp³-hybridized carbons (Fsp3) is 0.267. The van der Waals surface area contributed by atoms with E-state index in [9.17, 15) is 9.59 Å². The predicted octanol–water partition coefficient (Wildman–Crippen LogP) is 6.24. The summed E-state index contributed by atoms with van der Waals surface area (Å²) in [6, 6.07) is 17.0. The number of rotatable bonds is 8. The predicted molar refractivity (Wildman–Crippen MR) is 146 cm³/mol. The Labute approximate surface area is 225 Å². The molecule has 1 unspecified atom stereocenters. The van der Waals surface area contributed by atoms with Crippen molar-refractivity contribution in [2.24, 2.45) is 5.92 Å². The van der Waals surface area contributed by atoms with Crippen LogP contribution in [0.2, 0.25) is 5.02 Å². The first-order valence-electron chi connectivity index (χ1n) is 12.3. The third-order valence-corrected chi connectivity index (χ3v) is 6.75. The lowest BCUT2D eigenvalue weighted by Gasteiger charge is -2.26. The van der Waals surface area contributed by atoms with Crippen LogP contribution in [0.15, 0.2) is 69.9 Å². The van der Waals surface area contributed by atoms with Gasteiger partial charge in [-0.25, -0.2) is 0 Å². The molecule has 0 radical (unpaired) electrons. The average Bonchev–Trinajstić information content (AvgIpc) is 3.19. The summed E-state index contributed by atoms with van der Waals surface area (Å²) in [5, 5.41) is 0.734. The van der Waals surface area contributed by atoms with E-state index in [0.717, 1.165) is 5.56 Å². The molecule has 38 heavy (non-hydrogen) atoms. The van der Waals surface area contributed by atoms with E-state index in [0.29, 0.717) is 51.3 Å². The Morgan fingerprint density at radius 3 is 2.39 bits per heavy atom. The van der Waals surface area contributed by atoms with E-state index < -0.39 is 6.04 Å². The minimum atomic E-state index is -0.702. The smallest absolute Gasteiger partial charge is 0.291 e. The van der Waals surface area contributed by atoms with Crippen molar-refractivity contribution in [3.05, 3.63) is 98.4 Å². The Balaban J connectivity index is 1.65. The van der Waals surface area contributed by atoms with Gasteiger partial charge in [-0.3, -0.25) is 9.59 Å². The first-order chi connectivity index (χ1) is 18.3. The molecule has 0 saturated carbocycles. The molecule has 0 fully saturated rings. The third kappa shape index (κ3) is 4.70. The number of carbonyl (C=O) groups excluding carboxylic acids is 1. The van der Waals surface area contributed by atoms with Crippen LogP contribution in [0.25, 0.3) is 11.0 Å². The summed E-state index contributed by atoms with van der Waals surface area (Å²) >= 11 is 6.19. The zero-order valence-electron chi connectivity index (χ0n) is 21.6. The van der Waals surface area contributed by atoms with E-state index in [1.807, 2.05) is 42.5 Å². The summed E-state index contributed by atoms with van der Waals surface area (Å²) < 4.78 is 22.8. The number of hydrogen-bond donors (Lipinski definition) is 0. The van der Waals surface area contributed by atoms with Crippen LogP contribution in [-0.4, -0.2) is 31.6 Å². The van der Waals surface area contributed by atoms with E-state index in [4.69, 9.17) is 30.2 Å². The van der Waals surface area contributed by atoms with Gasteiger partial charge in [0.2, 0.25) is 5.76 Å². The van der Waals surface area contributed by atoms with Crippen molar-refractivity contribution < 1.29 is 23.4 Å². The van der Waals surface area contributed by atoms with Crippen LogP contribution in [0.5, 0.6) is 17.2 Å². The Hall–Kier alpha value is -3.97. The molecule has 0 aliphatic carbocycles. The molecule has 1 aliphatic rings. The second-order valence-electron chi connectivity index (χ2n) is 9.61. The molecule has 0 N–H and O–H groups in total. The topological polar surface area (TPSA) is 78.2 Å². The molecular weight excluding hydrogens is 506 g/mol. The molecule has 0 saturated heterocycles. The van der Waals surface area contributed by atoms with Gasteiger partial charge in [-0.1, -0.05) is 43.6 Å². The van der Waals surface area contributed by atoms with Gasteiger partial charge in [0.05, 0.1) is 37.8 Å². The number of fused-ring (bicyclic) bond motifs is 2. The maximum absolute atomic E-state index is 13.8. The second-order valence-corrected chi connectivity index (χ2v) is 10.0. The maximum atomic E-state index is 13.8. The Morgan fingerprint density at radius 2 is 1.71 bits per heavy atom. The van der Waals surface area contributed by atoms with Crippen molar-refractivity contribution >= 4 is 28.5 Å². The summed E-state index contributed by atoms with van der Waals surface area (Å²) in [6.07, 6.45) is 0. The molecule has 5 rings (SSSR count). The zero-order chi connectivity index (χ0) is 27.0. The second kappa shape index (κ2) is 10.4. The van der Waals surface area contributed by atoms with E-state index in [1.165, 1.54) is 0 Å². The fourth-order valence-electron chi connectivity index (χ4n) is 4.66. The molecule has 1 amide bonds. The van der Waals surface area contributed by atoms with Gasteiger partial charge in [0.25, 0.3) is 5.91 Å². The Bertz CT molecular complexity index is 1560. The Morgan fingerprint density at radius 1 is 0.947 bits per heavy atom. The van der Waals surface area contributed by atoms with E-state index in [2.05, 4.69) is 13.8 Å². The van der Waals surface area contributed by atoms with Crippen LogP contribution in [0.3, 0.4) is 0 Å². The lowest BCUT2D eigenvalue weighted by atomic mass is 9.97. The van der Waals surface area contributed by atoms with Crippen LogP contribution in [0.1, 0.15) is 47.1 Å². The van der Waals surface area contributed by atoms with Gasteiger partial charge in [0, 0.05) is 11.6 Å². The van der Waals surface area contributed by atoms with Gasteiger partial charge in [0.1, 0.15) is 11.3 Å². The molecule has 1 atom stereocenters. The number of methoxy groups -OCH3 is 2. The van der Waals surface area contributed by atoms with Crippen molar-refractivity contribution in [2.75, 3.05) is 20.8 Å². The maximum Gasteiger partial charge on any atom is 0.291 e. The number of halogens is 1. The molecule has 2 heterocycles. The monoisotopic (exact) mass is 533 g/mol. The van der Waals surface area contributed by atoms with Crippen LogP contribution >= 0.6 is 11.6 Å². The molecule has 0 bridgehead atoms. The van der Waals surface area contributed by atoms with Crippen molar-refractivity contribution in [1.82, 2.24) is 4.90 Å². The zero-order valence-corrected chi connectivity index (χ0v) is 22.4. The Kier molecular flexibility index (Phi) is 7.04. The van der Waals surface area contributed by atoms with Gasteiger partial charge in [0.15, 0.2) is 16.9 Å². The number of hydrogen-bond acceptors (Lipinski definition) is 6. The number of ether oxygens (including phenoxy) is 3. The average molecular weight is 534 g/mol. The van der Waals surface area contributed by atoms with Gasteiger partial charge in [-0.05, 0) is 59.5 Å². The molecule has 8 heteroatoms. The molecule has 1 aliphatic heterocycles. The lowest BCUT2D eigenvalue weighted by molar-refractivity contribution is 0.0714. The first kappa shape index (κ1) is 25.7. The van der Waals surface area contributed by atoms with Crippen molar-refractivity contribution in [3.8, 4) is 17.2 Å². The normalized spacial score (nSPS) is 14.7. The quantitative estimate of drug-likeness (QED) is 0.266. The minimum Gasteiger partial charge on any atom is -0.497 e. The summed E-state index contributed by atoms with van der Waals surface area (Å²) in [6.45, 7) is 4.91. The fourth-order valence-corrected chi connectivity index (χ4v) is 4.83.